The van der Waals surface area contributed by atoms with Crippen molar-refractivity contribution in [3.63, 3.8) is 0 Å². The molecule has 0 amide bonds. The van der Waals surface area contributed by atoms with Gasteiger partial charge in [-0.1, -0.05) is 7.92 Å². The predicted octanol–water partition coefficient (Wildman–Crippen LogP) is 5.81. The molecule has 3 aromatic heterocycles. The van der Waals surface area contributed by atoms with Crippen molar-refractivity contribution in [3.8, 4) is 16.9 Å². The molecule has 2 fully saturated rings. The van der Waals surface area contributed by atoms with Gasteiger partial charge < -0.3 is 25.0 Å². The first-order valence-electron chi connectivity index (χ1n) is 14.4. The molecule has 226 valence electrons. The third-order valence-corrected chi connectivity index (χ3v) is 10.1. The molecular formula is C31H33BrN9O2P. The Morgan fingerprint density at radius 3 is 2.52 bits per heavy atom. The van der Waals surface area contributed by atoms with Crippen molar-refractivity contribution < 1.29 is 9.47 Å². The Labute approximate surface area is 265 Å². The van der Waals surface area contributed by atoms with Crippen LogP contribution in [-0.2, 0) is 11.8 Å². The van der Waals surface area contributed by atoms with Crippen molar-refractivity contribution in [1.29, 1.82) is 0 Å². The van der Waals surface area contributed by atoms with E-state index in [2.05, 4.69) is 77.0 Å². The van der Waals surface area contributed by atoms with Crippen molar-refractivity contribution in [1.82, 2.24) is 29.7 Å². The van der Waals surface area contributed by atoms with Gasteiger partial charge in [-0.05, 0) is 60.3 Å². The molecule has 2 bridgehead atoms. The van der Waals surface area contributed by atoms with E-state index < -0.39 is 7.92 Å². The normalized spacial score (nSPS) is 17.8. The molecule has 13 heteroatoms. The summed E-state index contributed by atoms with van der Waals surface area (Å²) in [5.41, 5.74) is 6.70. The summed E-state index contributed by atoms with van der Waals surface area (Å²) in [6, 6.07) is 8.93. The van der Waals surface area contributed by atoms with Crippen LogP contribution >= 0.6 is 23.9 Å². The van der Waals surface area contributed by atoms with Gasteiger partial charge in [-0.25, -0.2) is 4.98 Å². The van der Waals surface area contributed by atoms with Crippen LogP contribution < -0.4 is 25.6 Å². The number of aryl methyl sites for hydroxylation is 1. The molecule has 0 saturated carbocycles. The first-order chi connectivity index (χ1) is 21.4. The lowest BCUT2D eigenvalue weighted by Crippen LogP contribution is -2.46. The molecule has 0 aliphatic carbocycles. The van der Waals surface area contributed by atoms with Crippen LogP contribution in [0, 0.1) is 0 Å². The molecule has 5 aromatic rings. The van der Waals surface area contributed by atoms with Crippen LogP contribution in [0.15, 0.2) is 59.7 Å². The molecule has 11 nitrogen and oxygen atoms in total. The zero-order valence-corrected chi connectivity index (χ0v) is 27.4. The van der Waals surface area contributed by atoms with Gasteiger partial charge in [0.2, 0.25) is 5.95 Å². The standard InChI is InChI=1S/C31H33BrN9O2P/c1-40-15-18(13-36-40)21-11-25(27(42-2)12-26(21)41-19-5-6-20(41)17-43-16-19)38-31-35-14-22(32)30(39-31)37-24-8-7-23-28(29(24)44(3)4)34-10-9-33-23/h7-15,19-20H,5-6,16-17H2,1-4H3,(H2,35,37,38,39). The second kappa shape index (κ2) is 11.9. The summed E-state index contributed by atoms with van der Waals surface area (Å²) >= 11 is 3.64. The quantitative estimate of drug-likeness (QED) is 0.196. The Morgan fingerprint density at radius 1 is 1.00 bits per heavy atom. The average molecular weight is 675 g/mol. The molecule has 0 spiro atoms. The Balaban J connectivity index is 1.26. The maximum absolute atomic E-state index is 5.94. The van der Waals surface area contributed by atoms with Crippen molar-refractivity contribution >= 4 is 69.0 Å². The Morgan fingerprint density at radius 2 is 1.80 bits per heavy atom. The Bertz CT molecular complexity index is 1830. The molecule has 2 aliphatic heterocycles. The van der Waals surface area contributed by atoms with E-state index in [9.17, 15) is 0 Å². The van der Waals surface area contributed by atoms with Gasteiger partial charge in [-0.15, -0.1) is 0 Å². The highest BCUT2D eigenvalue weighted by atomic mass is 79.9. The number of hydrogen-bond donors (Lipinski definition) is 2. The van der Waals surface area contributed by atoms with Gasteiger partial charge in [0.25, 0.3) is 0 Å². The zero-order valence-electron chi connectivity index (χ0n) is 25.0. The van der Waals surface area contributed by atoms with E-state index in [4.69, 9.17) is 14.5 Å². The highest BCUT2D eigenvalue weighted by Crippen LogP contribution is 2.45. The number of nitrogens with one attached hydrogen (secondary N) is 2. The summed E-state index contributed by atoms with van der Waals surface area (Å²) < 4.78 is 14.4. The van der Waals surface area contributed by atoms with E-state index in [1.54, 1.807) is 25.7 Å². The van der Waals surface area contributed by atoms with Crippen molar-refractivity contribution in [3.05, 3.63) is 59.7 Å². The highest BCUT2D eigenvalue weighted by molar-refractivity contribution is 9.10. The fraction of sp³-hybridized carbons (Fsp3) is 0.323. The second-order valence-corrected chi connectivity index (χ2v) is 14.3. The SMILES string of the molecule is COc1cc(N2C3CCC2COC3)c(-c2cnn(C)c2)cc1Nc1ncc(Br)c(Nc2ccc3nccnc3c2P(C)C)n1. The molecule has 2 atom stereocenters. The van der Waals surface area contributed by atoms with Crippen LogP contribution in [0.4, 0.5) is 28.8 Å². The summed E-state index contributed by atoms with van der Waals surface area (Å²) in [7, 11) is 3.14. The molecule has 2 aliphatic rings. The van der Waals surface area contributed by atoms with E-state index in [1.807, 2.05) is 36.3 Å². The third-order valence-electron chi connectivity index (χ3n) is 8.16. The minimum Gasteiger partial charge on any atom is -0.494 e. The lowest BCUT2D eigenvalue weighted by Gasteiger charge is -2.38. The van der Waals surface area contributed by atoms with Gasteiger partial charge in [0, 0.05) is 65.7 Å². The summed E-state index contributed by atoms with van der Waals surface area (Å²) in [5.74, 6) is 1.78. The highest BCUT2D eigenvalue weighted by Gasteiger charge is 2.39. The van der Waals surface area contributed by atoms with Crippen LogP contribution in [0.25, 0.3) is 22.2 Å². The smallest absolute Gasteiger partial charge is 0.229 e. The Kier molecular flexibility index (Phi) is 7.82. The van der Waals surface area contributed by atoms with Gasteiger partial charge in [-0.3, -0.25) is 14.6 Å². The largest absolute Gasteiger partial charge is 0.494 e. The molecule has 2 unspecified atom stereocenters. The third kappa shape index (κ3) is 5.35. The monoisotopic (exact) mass is 673 g/mol. The van der Waals surface area contributed by atoms with Gasteiger partial charge in [-0.2, -0.15) is 10.1 Å². The minimum absolute atomic E-state index is 0.342. The van der Waals surface area contributed by atoms with E-state index >= 15 is 0 Å². The summed E-state index contributed by atoms with van der Waals surface area (Å²) in [6.45, 7) is 5.89. The molecule has 2 aromatic carbocycles. The lowest BCUT2D eigenvalue weighted by molar-refractivity contribution is 0.0907. The van der Waals surface area contributed by atoms with Crippen molar-refractivity contribution in [2.24, 2.45) is 7.05 Å². The summed E-state index contributed by atoms with van der Waals surface area (Å²) in [6.07, 6.45) is 11.4. The minimum atomic E-state index is -0.486. The van der Waals surface area contributed by atoms with Gasteiger partial charge in [0.15, 0.2) is 0 Å². The van der Waals surface area contributed by atoms with Crippen LogP contribution in [0.3, 0.4) is 0 Å². The fourth-order valence-corrected chi connectivity index (χ4v) is 7.70. The molecule has 7 rings (SSSR count). The maximum atomic E-state index is 5.94. The van der Waals surface area contributed by atoms with E-state index in [1.165, 1.54) is 0 Å². The van der Waals surface area contributed by atoms with Gasteiger partial charge in [0.1, 0.15) is 11.6 Å². The number of benzene rings is 2. The van der Waals surface area contributed by atoms with E-state index in [-0.39, 0.29) is 0 Å². The number of aromatic nitrogens is 6. The molecule has 44 heavy (non-hydrogen) atoms. The topological polar surface area (TPSA) is 115 Å². The number of morpholine rings is 1. The molecule has 5 heterocycles. The second-order valence-electron chi connectivity index (χ2n) is 11.2. The number of rotatable bonds is 8. The van der Waals surface area contributed by atoms with Crippen LogP contribution in [-0.4, -0.2) is 75.5 Å². The summed E-state index contributed by atoms with van der Waals surface area (Å²) in [4.78, 5) is 21.1. The lowest BCUT2D eigenvalue weighted by atomic mass is 10.0. The van der Waals surface area contributed by atoms with E-state index in [0.29, 0.717) is 29.6 Å². The Hall–Kier alpha value is -3.86. The number of nitrogens with zero attached hydrogens (tertiary/aromatic N) is 7. The maximum Gasteiger partial charge on any atom is 0.229 e. The first-order valence-corrected chi connectivity index (χ1v) is 17.5. The number of halogens is 1. The fourth-order valence-electron chi connectivity index (χ4n) is 6.20. The molecule has 0 radical (unpaired) electrons. The van der Waals surface area contributed by atoms with Crippen LogP contribution in [0.1, 0.15) is 12.8 Å². The number of fused-ring (bicyclic) bond motifs is 3. The molecule has 2 N–H and O–H groups in total. The van der Waals surface area contributed by atoms with Crippen molar-refractivity contribution in [2.75, 3.05) is 49.2 Å². The number of anilines is 5. The predicted molar refractivity (Wildman–Crippen MR) is 180 cm³/mol. The van der Waals surface area contributed by atoms with Gasteiger partial charge in [0.05, 0.1) is 59.8 Å². The number of hydrogen-bond acceptors (Lipinski definition) is 10. The van der Waals surface area contributed by atoms with E-state index in [0.717, 1.165) is 75.1 Å². The first kappa shape index (κ1) is 28.9. The van der Waals surface area contributed by atoms with Crippen LogP contribution in [0.5, 0.6) is 5.75 Å². The van der Waals surface area contributed by atoms with Crippen molar-refractivity contribution in [2.45, 2.75) is 24.9 Å². The number of methoxy groups -OCH3 is 1. The molecule has 2 saturated heterocycles. The number of ether oxygens (including phenoxy) is 2. The average Bonchev–Trinajstić information content (AvgIpc) is 3.56. The molecular weight excluding hydrogens is 641 g/mol. The van der Waals surface area contributed by atoms with Crippen LogP contribution in [0.2, 0.25) is 0 Å². The zero-order chi connectivity index (χ0) is 30.4. The van der Waals surface area contributed by atoms with Gasteiger partial charge >= 0.3 is 0 Å². The summed E-state index contributed by atoms with van der Waals surface area (Å²) in [5, 5.41) is 12.6.